The van der Waals surface area contributed by atoms with E-state index in [1.807, 2.05) is 19.9 Å². The van der Waals surface area contributed by atoms with Gasteiger partial charge in [-0.05, 0) is 62.4 Å². The van der Waals surface area contributed by atoms with Gasteiger partial charge >= 0.3 is 0 Å². The Morgan fingerprint density at radius 1 is 1.19 bits per heavy atom. The van der Waals surface area contributed by atoms with Crippen LogP contribution in [0, 0.1) is 25.6 Å². The highest BCUT2D eigenvalue weighted by Crippen LogP contribution is 2.39. The summed E-state index contributed by atoms with van der Waals surface area (Å²) in [4.78, 5) is 23.0. The lowest BCUT2D eigenvalue weighted by molar-refractivity contribution is -0.120. The molecule has 8 heteroatoms. The van der Waals surface area contributed by atoms with Crippen LogP contribution < -0.4 is 9.64 Å². The van der Waals surface area contributed by atoms with Crippen molar-refractivity contribution in [3.05, 3.63) is 70.6 Å². The number of anilines is 1. The van der Waals surface area contributed by atoms with E-state index in [-0.39, 0.29) is 23.6 Å². The van der Waals surface area contributed by atoms with Gasteiger partial charge in [0.2, 0.25) is 5.91 Å². The molecule has 0 bridgehead atoms. The molecule has 0 radical (unpaired) electrons. The first-order chi connectivity index (χ1) is 17.3. The van der Waals surface area contributed by atoms with Gasteiger partial charge in [-0.3, -0.25) is 4.79 Å². The Balaban J connectivity index is 1.54. The molecule has 1 N–H and O–H groups in total. The van der Waals surface area contributed by atoms with Gasteiger partial charge in [0.1, 0.15) is 11.6 Å². The van der Waals surface area contributed by atoms with Gasteiger partial charge in [0, 0.05) is 29.7 Å². The predicted octanol–water partition coefficient (Wildman–Crippen LogP) is 6.36. The number of halogens is 1. The summed E-state index contributed by atoms with van der Waals surface area (Å²) in [7, 11) is 1.42. The third-order valence-corrected chi connectivity index (χ3v) is 7.13. The van der Waals surface area contributed by atoms with Gasteiger partial charge in [0.05, 0.1) is 29.9 Å². The van der Waals surface area contributed by atoms with Crippen molar-refractivity contribution in [2.24, 2.45) is 5.92 Å². The van der Waals surface area contributed by atoms with Gasteiger partial charge in [-0.2, -0.15) is 0 Å². The topological polar surface area (TPSA) is 84.2 Å². The third-order valence-electron chi connectivity index (χ3n) is 7.13. The molecular weight excluding hydrogens is 459 g/mol. The third kappa shape index (κ3) is 4.14. The highest BCUT2D eigenvalue weighted by atomic mass is 19.1. The van der Waals surface area contributed by atoms with Gasteiger partial charge < -0.3 is 19.1 Å². The van der Waals surface area contributed by atoms with Crippen molar-refractivity contribution in [3.8, 4) is 5.75 Å². The van der Waals surface area contributed by atoms with Crippen molar-refractivity contribution in [2.75, 3.05) is 12.0 Å². The summed E-state index contributed by atoms with van der Waals surface area (Å²) in [5.74, 6) is 1.59. The lowest BCUT2D eigenvalue weighted by atomic mass is 9.81. The number of nitrogens with zero attached hydrogens (tertiary/aromatic N) is 3. The molecule has 5 rings (SSSR count). The van der Waals surface area contributed by atoms with E-state index in [9.17, 15) is 9.18 Å². The summed E-state index contributed by atoms with van der Waals surface area (Å²) in [6.07, 6.45) is 1.91. The van der Waals surface area contributed by atoms with Crippen LogP contribution >= 0.6 is 0 Å². The van der Waals surface area contributed by atoms with Gasteiger partial charge in [-0.25, -0.2) is 9.37 Å². The number of nitrogens with one attached hydrogen (secondary N) is 1. The van der Waals surface area contributed by atoms with Crippen LogP contribution in [0.1, 0.15) is 73.5 Å². The Morgan fingerprint density at radius 3 is 2.67 bits per heavy atom. The fourth-order valence-corrected chi connectivity index (χ4v) is 5.48. The quantitative estimate of drug-likeness (QED) is 0.340. The van der Waals surface area contributed by atoms with Crippen LogP contribution in [-0.2, 0) is 4.79 Å². The number of benzene rings is 2. The normalized spacial score (nSPS) is 17.2. The number of rotatable bonds is 6. The average molecular weight is 491 g/mol. The number of carbonyl (C=O) groups excluding carboxylic acids is 1. The van der Waals surface area contributed by atoms with Crippen LogP contribution in [0.3, 0.4) is 0 Å². The number of H-pyrrole nitrogens is 1. The first-order valence-electron chi connectivity index (χ1n) is 12.4. The van der Waals surface area contributed by atoms with Crippen LogP contribution in [0.25, 0.3) is 11.0 Å². The molecule has 2 aromatic carbocycles. The molecule has 2 atom stereocenters. The van der Waals surface area contributed by atoms with Gasteiger partial charge in [0.25, 0.3) is 0 Å². The molecule has 36 heavy (non-hydrogen) atoms. The lowest BCUT2D eigenvalue weighted by Gasteiger charge is -2.34. The smallest absolute Gasteiger partial charge is 0.227 e. The van der Waals surface area contributed by atoms with Crippen molar-refractivity contribution in [1.29, 1.82) is 0 Å². The minimum atomic E-state index is -0.500. The molecule has 188 valence electrons. The maximum Gasteiger partial charge on any atom is 0.227 e. The average Bonchev–Trinajstić information content (AvgIpc) is 3.42. The van der Waals surface area contributed by atoms with Gasteiger partial charge in [-0.1, -0.05) is 25.1 Å². The Bertz CT molecular complexity index is 1400. The molecule has 0 spiro atoms. The van der Waals surface area contributed by atoms with E-state index in [0.29, 0.717) is 23.9 Å². The number of fused-ring (bicyclic) bond motifs is 1. The number of amides is 1. The van der Waals surface area contributed by atoms with Crippen molar-refractivity contribution in [2.45, 2.75) is 58.9 Å². The summed E-state index contributed by atoms with van der Waals surface area (Å²) in [5, 5.41) is 4.17. The van der Waals surface area contributed by atoms with Gasteiger partial charge in [-0.15, -0.1) is 0 Å². The largest absolute Gasteiger partial charge is 0.494 e. The number of carbonyl (C=O) groups is 1. The first-order valence-corrected chi connectivity index (χ1v) is 12.4. The summed E-state index contributed by atoms with van der Waals surface area (Å²) in [5.41, 5.74) is 5.40. The van der Waals surface area contributed by atoms with Crippen LogP contribution in [0.15, 0.2) is 40.9 Å². The van der Waals surface area contributed by atoms with E-state index in [2.05, 4.69) is 36.1 Å². The zero-order chi connectivity index (χ0) is 25.6. The second-order valence-corrected chi connectivity index (χ2v) is 9.85. The summed E-state index contributed by atoms with van der Waals surface area (Å²) < 4.78 is 25.0. The van der Waals surface area contributed by atoms with Crippen LogP contribution in [0.5, 0.6) is 5.75 Å². The molecule has 0 saturated carbocycles. The minimum absolute atomic E-state index is 0.0461. The highest BCUT2D eigenvalue weighted by molar-refractivity contribution is 5.95. The second-order valence-electron chi connectivity index (χ2n) is 9.85. The molecule has 3 heterocycles. The van der Waals surface area contributed by atoms with Crippen LogP contribution in [0.4, 0.5) is 10.1 Å². The van der Waals surface area contributed by atoms with E-state index in [4.69, 9.17) is 14.2 Å². The predicted molar refractivity (Wildman–Crippen MR) is 136 cm³/mol. The van der Waals surface area contributed by atoms with E-state index in [1.165, 1.54) is 13.2 Å². The molecule has 1 aliphatic heterocycles. The zero-order valence-corrected chi connectivity index (χ0v) is 21.3. The Kier molecular flexibility index (Phi) is 6.28. The van der Waals surface area contributed by atoms with Crippen LogP contribution in [0.2, 0.25) is 0 Å². The molecule has 7 nitrogen and oxygen atoms in total. The molecular formula is C28H31FN4O3. The SMILES string of the molecule is COc1ccc(N2C(=O)CCC[C@H]2c2nc3ccc(C(c4c(C)noc4C)C(C)C)cc3[nH]2)cc1F. The molecule has 2 aromatic heterocycles. The number of ether oxygens (including phenoxy) is 1. The van der Waals surface area contributed by atoms with E-state index in [0.717, 1.165) is 46.5 Å². The monoisotopic (exact) mass is 490 g/mol. The van der Waals surface area contributed by atoms with Crippen molar-refractivity contribution >= 4 is 22.6 Å². The molecule has 1 unspecified atom stereocenters. The number of methoxy groups -OCH3 is 1. The fraction of sp³-hybridized carbons (Fsp3) is 0.393. The van der Waals surface area contributed by atoms with E-state index in [1.54, 1.807) is 17.0 Å². The summed E-state index contributed by atoms with van der Waals surface area (Å²) in [6.45, 7) is 8.32. The highest BCUT2D eigenvalue weighted by Gasteiger charge is 2.33. The van der Waals surface area contributed by atoms with Crippen LogP contribution in [-0.4, -0.2) is 28.1 Å². The summed E-state index contributed by atoms with van der Waals surface area (Å²) >= 11 is 0. The number of hydrogen-bond acceptors (Lipinski definition) is 5. The number of piperidine rings is 1. The number of imidazole rings is 1. The number of aryl methyl sites for hydroxylation is 2. The fourth-order valence-electron chi connectivity index (χ4n) is 5.48. The molecule has 1 aliphatic rings. The molecule has 1 amide bonds. The maximum absolute atomic E-state index is 14.5. The Hall–Kier alpha value is -3.68. The standard InChI is InChI=1S/C28H31FN4O3/c1-15(2)26(27-16(3)32-36-17(27)4)18-9-11-21-22(13-18)31-28(30-21)23-7-6-8-25(34)33(23)19-10-12-24(35-5)20(29)14-19/h9-15,23,26H,6-8H2,1-5H3,(H,30,31)/t23-,26?/m0/s1. The van der Waals surface area contributed by atoms with Gasteiger partial charge in [0.15, 0.2) is 11.6 Å². The van der Waals surface area contributed by atoms with E-state index < -0.39 is 5.82 Å². The van der Waals surface area contributed by atoms with Crippen molar-refractivity contribution < 1.29 is 18.4 Å². The Morgan fingerprint density at radius 2 is 2.00 bits per heavy atom. The number of hydrogen-bond donors (Lipinski definition) is 1. The van der Waals surface area contributed by atoms with Crippen molar-refractivity contribution in [3.63, 3.8) is 0 Å². The molecule has 1 fully saturated rings. The maximum atomic E-state index is 14.5. The first kappa shape index (κ1) is 24.0. The lowest BCUT2D eigenvalue weighted by Crippen LogP contribution is -2.38. The minimum Gasteiger partial charge on any atom is -0.494 e. The second kappa shape index (κ2) is 9.41. The number of aromatic amines is 1. The molecule has 0 aliphatic carbocycles. The Labute approximate surface area is 209 Å². The van der Waals surface area contributed by atoms with E-state index >= 15 is 0 Å². The van der Waals surface area contributed by atoms with Crippen molar-refractivity contribution in [1.82, 2.24) is 15.1 Å². The number of aromatic nitrogens is 3. The molecule has 4 aromatic rings. The zero-order valence-electron chi connectivity index (χ0n) is 21.3. The summed E-state index contributed by atoms with van der Waals surface area (Å²) in [6, 6.07) is 10.6. The molecule has 1 saturated heterocycles.